The Hall–Kier alpha value is -2.37. The fourth-order valence-electron chi connectivity index (χ4n) is 3.68. The van der Waals surface area contributed by atoms with Gasteiger partial charge in [0, 0.05) is 25.4 Å². The van der Waals surface area contributed by atoms with Crippen molar-refractivity contribution in [2.75, 3.05) is 30.0 Å². The standard InChI is InChI=1S/C16H19N5O/c1-22-16-10-15(18-11-19-16)21-9-6-12-13(21)5-8-20(12)14-4-2-3-7-17-14/h2-4,7,10-13H,5-6,8-9H2,1H3/t12-,13+/m1/s1. The van der Waals surface area contributed by atoms with E-state index in [1.807, 2.05) is 18.3 Å². The van der Waals surface area contributed by atoms with Crippen molar-refractivity contribution in [3.8, 4) is 5.88 Å². The maximum atomic E-state index is 5.22. The first kappa shape index (κ1) is 13.3. The lowest BCUT2D eigenvalue weighted by molar-refractivity contribution is 0.396. The summed E-state index contributed by atoms with van der Waals surface area (Å²) in [6.07, 6.45) is 5.71. The number of hydrogen-bond acceptors (Lipinski definition) is 6. The third kappa shape index (κ3) is 2.15. The van der Waals surface area contributed by atoms with Crippen LogP contribution in [0.3, 0.4) is 0 Å². The molecule has 2 aromatic rings. The second-order valence-corrected chi connectivity index (χ2v) is 5.71. The van der Waals surface area contributed by atoms with E-state index in [9.17, 15) is 0 Å². The van der Waals surface area contributed by atoms with E-state index in [-0.39, 0.29) is 0 Å². The van der Waals surface area contributed by atoms with E-state index in [2.05, 4.69) is 36.9 Å². The molecule has 0 saturated carbocycles. The molecule has 2 aliphatic heterocycles. The number of nitrogens with zero attached hydrogens (tertiary/aromatic N) is 5. The zero-order valence-corrected chi connectivity index (χ0v) is 12.6. The number of fused-ring (bicyclic) bond motifs is 1. The molecule has 2 atom stereocenters. The van der Waals surface area contributed by atoms with Crippen LogP contribution >= 0.6 is 0 Å². The fourth-order valence-corrected chi connectivity index (χ4v) is 3.68. The van der Waals surface area contributed by atoms with Crippen molar-refractivity contribution < 1.29 is 4.74 Å². The lowest BCUT2D eigenvalue weighted by Crippen LogP contribution is -2.37. The van der Waals surface area contributed by atoms with Crippen LogP contribution in [0.4, 0.5) is 11.6 Å². The van der Waals surface area contributed by atoms with Gasteiger partial charge in [0.2, 0.25) is 5.88 Å². The number of rotatable bonds is 3. The molecule has 114 valence electrons. The van der Waals surface area contributed by atoms with Crippen molar-refractivity contribution in [1.82, 2.24) is 15.0 Å². The summed E-state index contributed by atoms with van der Waals surface area (Å²) in [5.41, 5.74) is 0. The van der Waals surface area contributed by atoms with Gasteiger partial charge < -0.3 is 14.5 Å². The number of ether oxygens (including phenoxy) is 1. The van der Waals surface area contributed by atoms with Crippen LogP contribution in [0.2, 0.25) is 0 Å². The summed E-state index contributed by atoms with van der Waals surface area (Å²) in [4.78, 5) is 17.9. The maximum absolute atomic E-state index is 5.22. The number of pyridine rings is 1. The third-order valence-corrected chi connectivity index (χ3v) is 4.65. The Bertz CT molecular complexity index is 650. The Morgan fingerprint density at radius 1 is 1.00 bits per heavy atom. The van der Waals surface area contributed by atoms with E-state index in [0.29, 0.717) is 18.0 Å². The lowest BCUT2D eigenvalue weighted by atomic mass is 10.1. The predicted molar refractivity (Wildman–Crippen MR) is 84.3 cm³/mol. The highest BCUT2D eigenvalue weighted by atomic mass is 16.5. The van der Waals surface area contributed by atoms with Crippen molar-refractivity contribution in [3.63, 3.8) is 0 Å². The molecule has 0 bridgehead atoms. The normalized spacial score (nSPS) is 23.7. The van der Waals surface area contributed by atoms with Crippen LogP contribution in [0, 0.1) is 0 Å². The number of anilines is 2. The van der Waals surface area contributed by atoms with Gasteiger partial charge in [-0.1, -0.05) is 6.07 Å². The van der Waals surface area contributed by atoms with E-state index in [1.165, 1.54) is 0 Å². The molecule has 0 spiro atoms. The van der Waals surface area contributed by atoms with Gasteiger partial charge in [-0.3, -0.25) is 0 Å². The number of hydrogen-bond donors (Lipinski definition) is 0. The predicted octanol–water partition coefficient (Wildman–Crippen LogP) is 1.74. The van der Waals surface area contributed by atoms with E-state index in [0.717, 1.165) is 37.6 Å². The molecule has 2 fully saturated rings. The lowest BCUT2D eigenvalue weighted by Gasteiger charge is -2.26. The van der Waals surface area contributed by atoms with E-state index < -0.39 is 0 Å². The molecule has 6 nitrogen and oxygen atoms in total. The van der Waals surface area contributed by atoms with Gasteiger partial charge in [-0.25, -0.2) is 15.0 Å². The summed E-state index contributed by atoms with van der Waals surface area (Å²) < 4.78 is 5.22. The Morgan fingerprint density at radius 2 is 1.77 bits per heavy atom. The second kappa shape index (κ2) is 5.44. The minimum absolute atomic E-state index is 0.488. The molecule has 0 aromatic carbocycles. The van der Waals surface area contributed by atoms with Gasteiger partial charge in [-0.2, -0.15) is 0 Å². The first-order valence-electron chi connectivity index (χ1n) is 7.67. The van der Waals surface area contributed by atoms with Crippen molar-refractivity contribution in [1.29, 1.82) is 0 Å². The largest absolute Gasteiger partial charge is 0.481 e. The van der Waals surface area contributed by atoms with Gasteiger partial charge >= 0.3 is 0 Å². The van der Waals surface area contributed by atoms with Crippen molar-refractivity contribution in [2.45, 2.75) is 24.9 Å². The minimum atomic E-state index is 0.488. The molecule has 22 heavy (non-hydrogen) atoms. The van der Waals surface area contributed by atoms with Crippen molar-refractivity contribution in [2.24, 2.45) is 0 Å². The van der Waals surface area contributed by atoms with Crippen LogP contribution in [0.15, 0.2) is 36.8 Å². The molecule has 4 heterocycles. The molecule has 2 saturated heterocycles. The molecule has 2 aliphatic rings. The van der Waals surface area contributed by atoms with E-state index in [4.69, 9.17) is 4.74 Å². The average Bonchev–Trinajstić information content (AvgIpc) is 3.17. The van der Waals surface area contributed by atoms with Gasteiger partial charge in [-0.05, 0) is 25.0 Å². The Labute approximate surface area is 129 Å². The van der Waals surface area contributed by atoms with Gasteiger partial charge in [0.05, 0.1) is 19.2 Å². The van der Waals surface area contributed by atoms with E-state index >= 15 is 0 Å². The van der Waals surface area contributed by atoms with Gasteiger partial charge in [0.15, 0.2) is 0 Å². The molecule has 2 aromatic heterocycles. The first-order valence-corrected chi connectivity index (χ1v) is 7.67. The Morgan fingerprint density at radius 3 is 2.45 bits per heavy atom. The molecule has 6 heteroatoms. The fraction of sp³-hybridized carbons (Fsp3) is 0.438. The van der Waals surface area contributed by atoms with Gasteiger partial charge in [-0.15, -0.1) is 0 Å². The number of aromatic nitrogens is 3. The zero-order chi connectivity index (χ0) is 14.9. The van der Waals surface area contributed by atoms with Crippen molar-refractivity contribution in [3.05, 3.63) is 36.8 Å². The summed E-state index contributed by atoms with van der Waals surface area (Å²) >= 11 is 0. The Kier molecular flexibility index (Phi) is 3.29. The topological polar surface area (TPSA) is 54.4 Å². The highest BCUT2D eigenvalue weighted by Crippen LogP contribution is 2.36. The maximum Gasteiger partial charge on any atom is 0.218 e. The Balaban J connectivity index is 1.57. The van der Waals surface area contributed by atoms with Gasteiger partial charge in [0.1, 0.15) is 18.0 Å². The number of methoxy groups -OCH3 is 1. The van der Waals surface area contributed by atoms with E-state index in [1.54, 1.807) is 13.4 Å². The molecule has 0 unspecified atom stereocenters. The quantitative estimate of drug-likeness (QED) is 0.860. The summed E-state index contributed by atoms with van der Waals surface area (Å²) in [6, 6.07) is 9.03. The molecule has 0 radical (unpaired) electrons. The van der Waals surface area contributed by atoms with Crippen molar-refractivity contribution >= 4 is 11.6 Å². The van der Waals surface area contributed by atoms with Crippen LogP contribution in [0.1, 0.15) is 12.8 Å². The van der Waals surface area contributed by atoms with Crippen LogP contribution < -0.4 is 14.5 Å². The van der Waals surface area contributed by atoms with Gasteiger partial charge in [0.25, 0.3) is 0 Å². The SMILES string of the molecule is COc1cc(N2CC[C@@H]3[C@@H]2CCN3c2ccccn2)ncn1. The highest BCUT2D eigenvalue weighted by molar-refractivity contribution is 5.50. The molecular formula is C16H19N5O. The second-order valence-electron chi connectivity index (χ2n) is 5.71. The zero-order valence-electron chi connectivity index (χ0n) is 12.6. The summed E-state index contributed by atoms with van der Waals surface area (Å²) in [7, 11) is 1.64. The third-order valence-electron chi connectivity index (χ3n) is 4.65. The van der Waals surface area contributed by atoms with Crippen LogP contribution in [0.25, 0.3) is 0 Å². The summed E-state index contributed by atoms with van der Waals surface area (Å²) in [5, 5.41) is 0. The smallest absolute Gasteiger partial charge is 0.218 e. The minimum Gasteiger partial charge on any atom is -0.481 e. The molecule has 0 N–H and O–H groups in total. The van der Waals surface area contributed by atoms with Crippen LogP contribution in [0.5, 0.6) is 5.88 Å². The summed E-state index contributed by atoms with van der Waals surface area (Å²) in [5.74, 6) is 2.66. The summed E-state index contributed by atoms with van der Waals surface area (Å²) in [6.45, 7) is 2.06. The monoisotopic (exact) mass is 297 g/mol. The van der Waals surface area contributed by atoms with Crippen LogP contribution in [-0.2, 0) is 0 Å². The highest BCUT2D eigenvalue weighted by Gasteiger charge is 2.43. The molecule has 0 aliphatic carbocycles. The average molecular weight is 297 g/mol. The molecule has 4 rings (SSSR count). The molecular weight excluding hydrogens is 278 g/mol. The van der Waals surface area contributed by atoms with Crippen LogP contribution in [-0.4, -0.2) is 47.2 Å². The molecule has 0 amide bonds. The first-order chi connectivity index (χ1) is 10.9.